The van der Waals surface area contributed by atoms with Gasteiger partial charge >= 0.3 is 5.97 Å². The van der Waals surface area contributed by atoms with E-state index in [1.54, 1.807) is 7.11 Å². The van der Waals surface area contributed by atoms with E-state index in [1.807, 2.05) is 0 Å². The van der Waals surface area contributed by atoms with Gasteiger partial charge in [0, 0.05) is 20.5 Å². The van der Waals surface area contributed by atoms with Gasteiger partial charge in [-0.2, -0.15) is 0 Å². The number of carbonyl (C=O) groups excluding carboxylic acids is 1. The number of rotatable bonds is 6. The summed E-state index contributed by atoms with van der Waals surface area (Å²) in [4.78, 5) is 11.3. The van der Waals surface area contributed by atoms with Gasteiger partial charge in [0.25, 0.3) is 0 Å². The van der Waals surface area contributed by atoms with E-state index in [1.165, 1.54) is 6.92 Å². The van der Waals surface area contributed by atoms with Crippen molar-refractivity contribution < 1.29 is 23.7 Å². The van der Waals surface area contributed by atoms with Gasteiger partial charge in [0.1, 0.15) is 12.9 Å². The number of terminal acetylenes is 1. The largest absolute Gasteiger partial charge is 0.436 e. The van der Waals surface area contributed by atoms with Gasteiger partial charge in [-0.25, -0.2) is 0 Å². The SMILES string of the molecule is C#C[C@]1(C[Si](C)(C)C(C)(C)C)OC(OC(C)=O)CC1OCOC. The van der Waals surface area contributed by atoms with E-state index >= 15 is 0 Å². The van der Waals surface area contributed by atoms with Crippen LogP contribution in [-0.4, -0.2) is 45.9 Å². The lowest BCUT2D eigenvalue weighted by Gasteiger charge is -2.43. The van der Waals surface area contributed by atoms with Gasteiger partial charge in [-0.3, -0.25) is 4.79 Å². The van der Waals surface area contributed by atoms with Crippen LogP contribution in [0, 0.1) is 12.3 Å². The maximum absolute atomic E-state index is 11.3. The molecule has 1 heterocycles. The highest BCUT2D eigenvalue weighted by Crippen LogP contribution is 2.46. The first-order valence-electron chi connectivity index (χ1n) is 7.91. The highest BCUT2D eigenvalue weighted by Gasteiger charge is 2.54. The van der Waals surface area contributed by atoms with Crippen molar-refractivity contribution in [1.29, 1.82) is 0 Å². The summed E-state index contributed by atoms with van der Waals surface area (Å²) in [6, 6.07) is 0.728. The van der Waals surface area contributed by atoms with Crippen LogP contribution in [0.4, 0.5) is 0 Å². The molecular formula is C17H30O5Si. The van der Waals surface area contributed by atoms with Crippen LogP contribution < -0.4 is 0 Å². The lowest BCUT2D eigenvalue weighted by molar-refractivity contribution is -0.180. The molecule has 1 aliphatic heterocycles. The van der Waals surface area contributed by atoms with Crippen molar-refractivity contribution in [2.45, 2.75) is 76.3 Å². The van der Waals surface area contributed by atoms with Crippen molar-refractivity contribution in [2.75, 3.05) is 13.9 Å². The normalized spacial score (nSPS) is 28.4. The van der Waals surface area contributed by atoms with Gasteiger partial charge in [-0.05, 0) is 11.1 Å². The molecule has 6 heteroatoms. The average Bonchev–Trinajstić information content (AvgIpc) is 2.71. The summed E-state index contributed by atoms with van der Waals surface area (Å²) < 4.78 is 22.0. The molecule has 0 radical (unpaired) electrons. The van der Waals surface area contributed by atoms with Gasteiger partial charge in [0.2, 0.25) is 6.29 Å². The molecule has 0 bridgehead atoms. The summed E-state index contributed by atoms with van der Waals surface area (Å²) in [6.07, 6.45) is 5.25. The highest BCUT2D eigenvalue weighted by atomic mass is 28.3. The fraction of sp³-hybridized carbons (Fsp3) is 0.824. The van der Waals surface area contributed by atoms with Gasteiger partial charge in [-0.1, -0.05) is 39.8 Å². The maximum atomic E-state index is 11.3. The minimum atomic E-state index is -1.74. The predicted molar refractivity (Wildman–Crippen MR) is 91.6 cm³/mol. The number of methoxy groups -OCH3 is 1. The summed E-state index contributed by atoms with van der Waals surface area (Å²) in [5, 5.41) is 0.158. The van der Waals surface area contributed by atoms with E-state index in [9.17, 15) is 4.79 Å². The van der Waals surface area contributed by atoms with Crippen LogP contribution >= 0.6 is 0 Å². The molecule has 2 unspecified atom stereocenters. The van der Waals surface area contributed by atoms with Crippen LogP contribution in [-0.2, 0) is 23.7 Å². The lowest BCUT2D eigenvalue weighted by atomic mass is 10.00. The van der Waals surface area contributed by atoms with Gasteiger partial charge < -0.3 is 18.9 Å². The Morgan fingerprint density at radius 2 is 2.04 bits per heavy atom. The van der Waals surface area contributed by atoms with Crippen LogP contribution in [0.1, 0.15) is 34.1 Å². The predicted octanol–water partition coefficient (Wildman–Crippen LogP) is 3.17. The molecular weight excluding hydrogens is 312 g/mol. The fourth-order valence-electron chi connectivity index (χ4n) is 2.59. The second kappa shape index (κ2) is 7.35. The molecule has 0 aliphatic carbocycles. The van der Waals surface area contributed by atoms with Crippen molar-refractivity contribution in [3.05, 3.63) is 0 Å². The molecule has 0 aromatic rings. The molecule has 1 saturated heterocycles. The van der Waals surface area contributed by atoms with Crippen LogP contribution in [0.2, 0.25) is 24.2 Å². The van der Waals surface area contributed by atoms with E-state index in [0.717, 1.165) is 6.04 Å². The van der Waals surface area contributed by atoms with E-state index in [4.69, 9.17) is 25.4 Å². The molecule has 132 valence electrons. The molecule has 0 saturated carbocycles. The maximum Gasteiger partial charge on any atom is 0.304 e. The van der Waals surface area contributed by atoms with Crippen molar-refractivity contribution in [2.24, 2.45) is 0 Å². The number of hydrogen-bond acceptors (Lipinski definition) is 5. The first kappa shape index (κ1) is 20.2. The van der Waals surface area contributed by atoms with Crippen molar-refractivity contribution >= 4 is 14.0 Å². The summed E-state index contributed by atoms with van der Waals surface area (Å²) in [7, 11) is -0.182. The van der Waals surface area contributed by atoms with Gasteiger partial charge in [0.15, 0.2) is 5.60 Å². The summed E-state index contributed by atoms with van der Waals surface area (Å²) in [5.41, 5.74) is -0.887. The molecule has 1 fully saturated rings. The minimum Gasteiger partial charge on any atom is -0.436 e. The zero-order valence-corrected chi connectivity index (χ0v) is 16.4. The van der Waals surface area contributed by atoms with Crippen molar-refractivity contribution in [3.63, 3.8) is 0 Å². The van der Waals surface area contributed by atoms with Crippen LogP contribution in [0.5, 0.6) is 0 Å². The van der Waals surface area contributed by atoms with Crippen LogP contribution in [0.15, 0.2) is 0 Å². The Bertz CT molecular complexity index is 463. The van der Waals surface area contributed by atoms with E-state index in [0.29, 0.717) is 6.42 Å². The Hall–Kier alpha value is -0.873. The van der Waals surface area contributed by atoms with Gasteiger partial charge in [0.05, 0.1) is 8.07 Å². The Balaban J connectivity index is 3.06. The first-order valence-corrected chi connectivity index (χ1v) is 11.1. The number of carbonyl (C=O) groups is 1. The first-order chi connectivity index (χ1) is 10.5. The average molecular weight is 343 g/mol. The third-order valence-corrected chi connectivity index (χ3v) is 10.4. The Kier molecular flexibility index (Phi) is 6.44. The summed E-state index contributed by atoms with van der Waals surface area (Å²) in [6.45, 7) is 12.8. The molecule has 23 heavy (non-hydrogen) atoms. The standard InChI is InChI=1S/C17H30O5Si/c1-9-17(11-23(7,8)16(3,4)5)14(20-12-19-6)10-15(22-17)21-13(2)18/h1,14-15H,10-12H2,2-8H3/t14?,15?,17-/m1/s1. The van der Waals surface area contributed by atoms with Crippen LogP contribution in [0.25, 0.3) is 0 Å². The minimum absolute atomic E-state index is 0.127. The fourth-order valence-corrected chi connectivity index (χ4v) is 4.85. The number of ether oxygens (including phenoxy) is 4. The molecule has 5 nitrogen and oxygen atoms in total. The van der Waals surface area contributed by atoms with E-state index in [-0.39, 0.29) is 23.9 Å². The Morgan fingerprint density at radius 3 is 2.48 bits per heavy atom. The quantitative estimate of drug-likeness (QED) is 0.321. The van der Waals surface area contributed by atoms with Crippen molar-refractivity contribution in [1.82, 2.24) is 0 Å². The van der Waals surface area contributed by atoms with Crippen LogP contribution in [0.3, 0.4) is 0 Å². The van der Waals surface area contributed by atoms with E-state index < -0.39 is 20.0 Å². The Morgan fingerprint density at radius 1 is 1.43 bits per heavy atom. The monoisotopic (exact) mass is 342 g/mol. The molecule has 0 aromatic carbocycles. The van der Waals surface area contributed by atoms with Gasteiger partial charge in [-0.15, -0.1) is 6.42 Å². The zero-order chi connectivity index (χ0) is 17.9. The molecule has 0 N–H and O–H groups in total. The highest BCUT2D eigenvalue weighted by molar-refractivity contribution is 6.80. The number of esters is 1. The van der Waals surface area contributed by atoms with Crippen molar-refractivity contribution in [3.8, 4) is 12.3 Å². The lowest BCUT2D eigenvalue weighted by Crippen LogP contribution is -2.50. The summed E-state index contributed by atoms with van der Waals surface area (Å²) >= 11 is 0. The molecule has 1 aliphatic rings. The Labute approximate surface area is 141 Å². The molecule has 3 atom stereocenters. The smallest absolute Gasteiger partial charge is 0.304 e. The third-order valence-electron chi connectivity index (χ3n) is 4.93. The molecule has 0 aromatic heterocycles. The number of hydrogen-bond donors (Lipinski definition) is 0. The zero-order valence-electron chi connectivity index (χ0n) is 15.4. The topological polar surface area (TPSA) is 54.0 Å². The third kappa shape index (κ3) is 4.80. The molecule has 0 amide bonds. The molecule has 0 spiro atoms. The molecule has 1 rings (SSSR count). The van der Waals surface area contributed by atoms with E-state index in [2.05, 4.69) is 39.8 Å². The summed E-state index contributed by atoms with van der Waals surface area (Å²) in [5.74, 6) is 2.42. The second-order valence-corrected chi connectivity index (χ2v) is 13.4. The second-order valence-electron chi connectivity index (χ2n) is 7.80.